The lowest BCUT2D eigenvalue weighted by Crippen LogP contribution is -2.01. The topological polar surface area (TPSA) is 66.7 Å². The van der Waals surface area contributed by atoms with Crippen LogP contribution in [0.1, 0.15) is 11.1 Å². The van der Waals surface area contributed by atoms with E-state index in [2.05, 4.69) is 4.40 Å². The Kier molecular flexibility index (Phi) is 3.97. The Bertz CT molecular complexity index is 662. The van der Waals surface area contributed by atoms with E-state index >= 15 is 0 Å². The van der Waals surface area contributed by atoms with E-state index in [9.17, 15) is 8.42 Å². The van der Waals surface area contributed by atoms with Crippen LogP contribution in [0.5, 0.6) is 5.75 Å². The van der Waals surface area contributed by atoms with Crippen LogP contribution in [-0.2, 0) is 15.8 Å². The maximum Gasteiger partial charge on any atom is 0.257 e. The second-order valence-corrected chi connectivity index (χ2v) is 5.70. The molecular formula is C14H13NO3S. The van der Waals surface area contributed by atoms with Crippen molar-refractivity contribution in [2.24, 2.45) is 4.40 Å². The summed E-state index contributed by atoms with van der Waals surface area (Å²) in [5.74, 6) is 0.00638. The fourth-order valence-electron chi connectivity index (χ4n) is 1.52. The van der Waals surface area contributed by atoms with Gasteiger partial charge in [0.25, 0.3) is 10.0 Å². The lowest BCUT2D eigenvalue weighted by molar-refractivity contribution is 0.475. The summed E-state index contributed by atoms with van der Waals surface area (Å²) in [5, 5.41) is 9.12. The smallest absolute Gasteiger partial charge is 0.257 e. The summed E-state index contributed by atoms with van der Waals surface area (Å²) >= 11 is 0. The molecule has 19 heavy (non-hydrogen) atoms. The van der Waals surface area contributed by atoms with Gasteiger partial charge in [0.2, 0.25) is 0 Å². The van der Waals surface area contributed by atoms with Crippen LogP contribution < -0.4 is 0 Å². The average molecular weight is 275 g/mol. The molecule has 5 heteroatoms. The van der Waals surface area contributed by atoms with Crippen LogP contribution in [0.3, 0.4) is 0 Å². The van der Waals surface area contributed by atoms with Crippen LogP contribution in [-0.4, -0.2) is 19.7 Å². The summed E-state index contributed by atoms with van der Waals surface area (Å²) < 4.78 is 27.2. The number of phenols is 1. The fourth-order valence-corrected chi connectivity index (χ4v) is 2.49. The standard InChI is InChI=1S/C14H13NO3S/c16-14-8-6-12(7-9-14)10-15-19(17,18)11-13-4-2-1-3-5-13/h1-10,16H,11H2/b15-10+. The summed E-state index contributed by atoms with van der Waals surface area (Å²) in [7, 11) is -3.54. The molecule has 1 N–H and O–H groups in total. The van der Waals surface area contributed by atoms with Crippen molar-refractivity contribution in [2.45, 2.75) is 5.75 Å². The monoisotopic (exact) mass is 275 g/mol. The zero-order valence-electron chi connectivity index (χ0n) is 10.1. The van der Waals surface area contributed by atoms with Crippen molar-refractivity contribution >= 4 is 16.2 Å². The average Bonchev–Trinajstić information content (AvgIpc) is 2.39. The van der Waals surface area contributed by atoms with Crippen molar-refractivity contribution in [3.63, 3.8) is 0 Å². The van der Waals surface area contributed by atoms with E-state index in [0.717, 1.165) is 0 Å². The number of nitrogens with zero attached hydrogens (tertiary/aromatic N) is 1. The van der Waals surface area contributed by atoms with Crippen molar-refractivity contribution in [1.82, 2.24) is 0 Å². The summed E-state index contributed by atoms with van der Waals surface area (Å²) in [6.07, 6.45) is 1.28. The molecule has 98 valence electrons. The first kappa shape index (κ1) is 13.3. The van der Waals surface area contributed by atoms with Crippen molar-refractivity contribution in [1.29, 1.82) is 0 Å². The molecule has 4 nitrogen and oxygen atoms in total. The zero-order chi connectivity index (χ0) is 13.7. The van der Waals surface area contributed by atoms with E-state index in [1.165, 1.54) is 18.3 Å². The third-order valence-corrected chi connectivity index (χ3v) is 3.57. The van der Waals surface area contributed by atoms with Crippen molar-refractivity contribution in [2.75, 3.05) is 0 Å². The second-order valence-electron chi connectivity index (χ2n) is 4.04. The van der Waals surface area contributed by atoms with E-state index < -0.39 is 10.0 Å². The van der Waals surface area contributed by atoms with Crippen LogP contribution in [0, 0.1) is 0 Å². The number of aromatic hydroxyl groups is 1. The van der Waals surface area contributed by atoms with E-state index in [1.54, 1.807) is 36.4 Å². The summed E-state index contributed by atoms with van der Waals surface area (Å²) in [5.41, 5.74) is 1.32. The molecule has 0 atom stereocenters. The summed E-state index contributed by atoms with van der Waals surface area (Å²) in [6, 6.07) is 15.0. The van der Waals surface area contributed by atoms with E-state index in [-0.39, 0.29) is 11.5 Å². The Morgan fingerprint density at radius 2 is 1.63 bits per heavy atom. The second kappa shape index (κ2) is 5.67. The van der Waals surface area contributed by atoms with Gasteiger partial charge in [0.15, 0.2) is 0 Å². The predicted molar refractivity (Wildman–Crippen MR) is 74.8 cm³/mol. The minimum atomic E-state index is -3.54. The maximum atomic E-state index is 11.8. The number of sulfonamides is 1. The number of hydrogen-bond acceptors (Lipinski definition) is 3. The molecule has 0 unspecified atom stereocenters. The first-order chi connectivity index (χ1) is 9.05. The molecule has 2 rings (SSSR count). The van der Waals surface area contributed by atoms with Gasteiger partial charge in [0.05, 0.1) is 5.75 Å². The van der Waals surface area contributed by atoms with E-state index in [0.29, 0.717) is 11.1 Å². The van der Waals surface area contributed by atoms with Crippen LogP contribution in [0.15, 0.2) is 59.0 Å². The molecular weight excluding hydrogens is 262 g/mol. The number of rotatable bonds is 4. The molecule has 0 heterocycles. The molecule has 0 aromatic heterocycles. The number of hydrogen-bond donors (Lipinski definition) is 1. The number of benzene rings is 2. The highest BCUT2D eigenvalue weighted by atomic mass is 32.2. The zero-order valence-corrected chi connectivity index (χ0v) is 10.9. The minimum Gasteiger partial charge on any atom is -0.508 e. The van der Waals surface area contributed by atoms with Gasteiger partial charge < -0.3 is 5.11 Å². The molecule has 0 saturated carbocycles. The van der Waals surface area contributed by atoms with Gasteiger partial charge in [-0.05, 0) is 35.4 Å². The Hall–Kier alpha value is -2.14. The van der Waals surface area contributed by atoms with Gasteiger partial charge in [0, 0.05) is 6.21 Å². The lowest BCUT2D eigenvalue weighted by atomic mass is 10.2. The Morgan fingerprint density at radius 1 is 1.00 bits per heavy atom. The normalized spacial score (nSPS) is 11.8. The fraction of sp³-hybridized carbons (Fsp3) is 0.0714. The van der Waals surface area contributed by atoms with E-state index in [1.807, 2.05) is 6.07 Å². The highest BCUT2D eigenvalue weighted by Crippen LogP contribution is 2.10. The largest absolute Gasteiger partial charge is 0.508 e. The number of phenolic OH excluding ortho intramolecular Hbond substituents is 1. The van der Waals surface area contributed by atoms with E-state index in [4.69, 9.17) is 5.11 Å². The molecule has 0 aliphatic rings. The molecule has 0 saturated heterocycles. The molecule has 2 aromatic carbocycles. The molecule has 0 bridgehead atoms. The molecule has 0 fully saturated rings. The minimum absolute atomic E-state index is 0.123. The molecule has 0 radical (unpaired) electrons. The molecule has 0 aliphatic carbocycles. The Balaban J connectivity index is 2.11. The Morgan fingerprint density at radius 3 is 2.26 bits per heavy atom. The van der Waals surface area contributed by atoms with Crippen LogP contribution in [0.4, 0.5) is 0 Å². The first-order valence-electron chi connectivity index (χ1n) is 5.66. The molecule has 0 spiro atoms. The third kappa shape index (κ3) is 4.22. The maximum absolute atomic E-state index is 11.8. The SMILES string of the molecule is O=S(=O)(Cc1ccccc1)/N=C/c1ccc(O)cc1. The molecule has 0 amide bonds. The molecule has 0 aliphatic heterocycles. The third-order valence-electron chi connectivity index (χ3n) is 2.45. The van der Waals surface area contributed by atoms with Gasteiger partial charge >= 0.3 is 0 Å². The van der Waals surface area contributed by atoms with Gasteiger partial charge in [-0.2, -0.15) is 4.40 Å². The van der Waals surface area contributed by atoms with Gasteiger partial charge in [-0.1, -0.05) is 30.3 Å². The highest BCUT2D eigenvalue weighted by Gasteiger charge is 2.08. The van der Waals surface area contributed by atoms with Gasteiger partial charge in [-0.3, -0.25) is 0 Å². The first-order valence-corrected chi connectivity index (χ1v) is 7.27. The predicted octanol–water partition coefficient (Wildman–Crippen LogP) is 2.34. The highest BCUT2D eigenvalue weighted by molar-refractivity contribution is 7.89. The van der Waals surface area contributed by atoms with Crippen molar-refractivity contribution in [3.05, 3.63) is 65.7 Å². The Labute approximate surface area is 112 Å². The summed E-state index contributed by atoms with van der Waals surface area (Å²) in [4.78, 5) is 0. The van der Waals surface area contributed by atoms with Crippen LogP contribution in [0.2, 0.25) is 0 Å². The quantitative estimate of drug-likeness (QED) is 0.871. The molecule has 2 aromatic rings. The van der Waals surface area contributed by atoms with Crippen LogP contribution >= 0.6 is 0 Å². The lowest BCUT2D eigenvalue weighted by Gasteiger charge is -1.99. The van der Waals surface area contributed by atoms with Crippen molar-refractivity contribution in [3.8, 4) is 5.75 Å². The summed E-state index contributed by atoms with van der Waals surface area (Å²) in [6.45, 7) is 0. The van der Waals surface area contributed by atoms with Gasteiger partial charge in [0.1, 0.15) is 5.75 Å². The van der Waals surface area contributed by atoms with Gasteiger partial charge in [-0.15, -0.1) is 0 Å². The van der Waals surface area contributed by atoms with Gasteiger partial charge in [-0.25, -0.2) is 8.42 Å². The van der Waals surface area contributed by atoms with Crippen molar-refractivity contribution < 1.29 is 13.5 Å². The van der Waals surface area contributed by atoms with Crippen LogP contribution in [0.25, 0.3) is 0 Å².